The molecule has 2 fully saturated rings. The second kappa shape index (κ2) is 5.50. The minimum Gasteiger partial charge on any atom is -0.390 e. The van der Waals surface area contributed by atoms with Crippen molar-refractivity contribution in [2.45, 2.75) is 76.4 Å². The maximum absolute atomic E-state index is 10.4. The smallest absolute Gasteiger partial charge is 0.0648 e. The summed E-state index contributed by atoms with van der Waals surface area (Å²) in [5.41, 5.74) is -0.295. The Morgan fingerprint density at radius 2 is 1.94 bits per heavy atom. The van der Waals surface area contributed by atoms with Crippen LogP contribution in [0.4, 0.5) is 0 Å². The molecule has 1 saturated heterocycles. The Labute approximate surface area is 100 Å². The predicted octanol–water partition coefficient (Wildman–Crippen LogP) is 2.95. The molecule has 0 aromatic carbocycles. The van der Waals surface area contributed by atoms with Gasteiger partial charge in [0.25, 0.3) is 0 Å². The van der Waals surface area contributed by atoms with Gasteiger partial charge in [0.05, 0.1) is 5.60 Å². The van der Waals surface area contributed by atoms with Gasteiger partial charge in [-0.1, -0.05) is 26.2 Å². The normalized spacial score (nSPS) is 30.8. The van der Waals surface area contributed by atoms with Crippen LogP contribution in [0, 0.1) is 0 Å². The summed E-state index contributed by atoms with van der Waals surface area (Å²) in [7, 11) is 0. The van der Waals surface area contributed by atoms with E-state index < -0.39 is 0 Å². The molecule has 94 valence electrons. The van der Waals surface area contributed by atoms with Gasteiger partial charge in [-0.25, -0.2) is 0 Å². The highest BCUT2D eigenvalue weighted by atomic mass is 16.3. The van der Waals surface area contributed by atoms with E-state index in [0.29, 0.717) is 0 Å². The first kappa shape index (κ1) is 12.4. The number of hydrogen-bond acceptors (Lipinski definition) is 2. The van der Waals surface area contributed by atoms with Gasteiger partial charge >= 0.3 is 0 Å². The lowest BCUT2D eigenvalue weighted by molar-refractivity contribution is 0.0237. The molecule has 1 N–H and O–H groups in total. The van der Waals surface area contributed by atoms with Crippen molar-refractivity contribution in [1.82, 2.24) is 4.90 Å². The highest BCUT2D eigenvalue weighted by molar-refractivity contribution is 4.87. The third-order valence-corrected chi connectivity index (χ3v) is 4.63. The molecule has 2 nitrogen and oxygen atoms in total. The van der Waals surface area contributed by atoms with Crippen molar-refractivity contribution in [1.29, 1.82) is 0 Å². The van der Waals surface area contributed by atoms with Crippen LogP contribution in [0.25, 0.3) is 0 Å². The fourth-order valence-electron chi connectivity index (χ4n) is 3.52. The Balaban J connectivity index is 1.79. The van der Waals surface area contributed by atoms with Crippen LogP contribution in [0.3, 0.4) is 0 Å². The summed E-state index contributed by atoms with van der Waals surface area (Å²) < 4.78 is 0. The Morgan fingerprint density at radius 1 is 1.19 bits per heavy atom. The molecule has 0 aromatic rings. The van der Waals surface area contributed by atoms with E-state index >= 15 is 0 Å². The van der Waals surface area contributed by atoms with Gasteiger partial charge in [0.1, 0.15) is 0 Å². The van der Waals surface area contributed by atoms with Crippen molar-refractivity contribution < 1.29 is 5.11 Å². The number of nitrogens with zero attached hydrogens (tertiary/aromatic N) is 1. The molecule has 2 rings (SSSR count). The Bertz CT molecular complexity index is 211. The Morgan fingerprint density at radius 3 is 2.62 bits per heavy atom. The molecule has 1 atom stereocenters. The van der Waals surface area contributed by atoms with Gasteiger partial charge in [0.2, 0.25) is 0 Å². The van der Waals surface area contributed by atoms with Gasteiger partial charge in [0.15, 0.2) is 0 Å². The summed E-state index contributed by atoms with van der Waals surface area (Å²) >= 11 is 0. The topological polar surface area (TPSA) is 23.5 Å². The number of rotatable bonds is 4. The Kier molecular flexibility index (Phi) is 4.26. The van der Waals surface area contributed by atoms with E-state index in [1.165, 1.54) is 51.6 Å². The van der Waals surface area contributed by atoms with Crippen molar-refractivity contribution in [3.63, 3.8) is 0 Å². The zero-order chi connectivity index (χ0) is 11.4. The monoisotopic (exact) mass is 225 g/mol. The predicted molar refractivity (Wildman–Crippen MR) is 67.5 cm³/mol. The van der Waals surface area contributed by atoms with E-state index in [1.54, 1.807) is 0 Å². The molecule has 1 aliphatic heterocycles. The van der Waals surface area contributed by atoms with Crippen molar-refractivity contribution in [2.75, 3.05) is 13.1 Å². The summed E-state index contributed by atoms with van der Waals surface area (Å²) in [5, 5.41) is 10.4. The summed E-state index contributed by atoms with van der Waals surface area (Å²) in [4.78, 5) is 2.61. The molecule has 16 heavy (non-hydrogen) atoms. The highest BCUT2D eigenvalue weighted by Crippen LogP contribution is 2.35. The van der Waals surface area contributed by atoms with E-state index in [9.17, 15) is 5.11 Å². The molecule has 1 aliphatic carbocycles. The van der Waals surface area contributed by atoms with Gasteiger partial charge in [-0.2, -0.15) is 0 Å². The largest absolute Gasteiger partial charge is 0.390 e. The van der Waals surface area contributed by atoms with Crippen LogP contribution in [0.15, 0.2) is 0 Å². The first-order chi connectivity index (χ1) is 7.73. The lowest BCUT2D eigenvalue weighted by Crippen LogP contribution is -2.40. The average Bonchev–Trinajstić information content (AvgIpc) is 2.74. The fourth-order valence-corrected chi connectivity index (χ4v) is 3.52. The number of likely N-dealkylation sites (tertiary alicyclic amines) is 1. The summed E-state index contributed by atoms with van der Waals surface area (Å²) in [6.45, 7) is 4.73. The molecule has 0 bridgehead atoms. The van der Waals surface area contributed by atoms with E-state index in [4.69, 9.17) is 0 Å². The number of aliphatic hydroxyl groups is 1. The van der Waals surface area contributed by atoms with Gasteiger partial charge < -0.3 is 10.0 Å². The molecule has 1 saturated carbocycles. The molecular formula is C14H27NO. The van der Waals surface area contributed by atoms with E-state index in [-0.39, 0.29) is 5.60 Å². The van der Waals surface area contributed by atoms with Crippen LogP contribution in [0.1, 0.15) is 64.7 Å². The van der Waals surface area contributed by atoms with Crippen molar-refractivity contribution in [3.8, 4) is 0 Å². The molecule has 1 heterocycles. The van der Waals surface area contributed by atoms with Crippen molar-refractivity contribution in [2.24, 2.45) is 0 Å². The van der Waals surface area contributed by atoms with E-state index in [2.05, 4.69) is 11.8 Å². The fraction of sp³-hybridized carbons (Fsp3) is 1.00. The zero-order valence-corrected chi connectivity index (χ0v) is 10.7. The van der Waals surface area contributed by atoms with Crippen molar-refractivity contribution >= 4 is 0 Å². The zero-order valence-electron chi connectivity index (χ0n) is 10.7. The lowest BCUT2D eigenvalue weighted by Gasteiger charge is -2.36. The van der Waals surface area contributed by atoms with Crippen LogP contribution in [-0.2, 0) is 0 Å². The molecule has 0 aromatic heterocycles. The maximum atomic E-state index is 10.4. The van der Waals surface area contributed by atoms with Crippen LogP contribution < -0.4 is 0 Å². The van der Waals surface area contributed by atoms with Crippen LogP contribution in [0.5, 0.6) is 0 Å². The van der Waals surface area contributed by atoms with Gasteiger partial charge in [0, 0.05) is 6.04 Å². The minimum absolute atomic E-state index is 0.295. The van der Waals surface area contributed by atoms with E-state index in [1.807, 2.05) is 0 Å². The first-order valence-corrected chi connectivity index (χ1v) is 7.20. The molecule has 0 radical (unpaired) electrons. The standard InChI is InChI=1S/C14H27NO/c1-2-15-12-6-3-7-13(15)8-11-14(16)9-4-5-10-14/h13,16H,2-12H2,1H3. The first-order valence-electron chi connectivity index (χ1n) is 7.20. The second-order valence-corrected chi connectivity index (χ2v) is 5.75. The van der Waals surface area contributed by atoms with Crippen LogP contribution >= 0.6 is 0 Å². The van der Waals surface area contributed by atoms with Crippen LogP contribution in [-0.4, -0.2) is 34.7 Å². The minimum atomic E-state index is -0.295. The molecule has 2 heteroatoms. The second-order valence-electron chi connectivity index (χ2n) is 5.75. The molecule has 0 amide bonds. The van der Waals surface area contributed by atoms with Crippen molar-refractivity contribution in [3.05, 3.63) is 0 Å². The lowest BCUT2D eigenvalue weighted by atomic mass is 9.90. The SMILES string of the molecule is CCN1CCCCC1CCC1(O)CCCC1. The Hall–Kier alpha value is -0.0800. The molecule has 1 unspecified atom stereocenters. The van der Waals surface area contributed by atoms with Gasteiger partial charge in [-0.05, 0) is 51.6 Å². The summed E-state index contributed by atoms with van der Waals surface area (Å²) in [6.07, 6.45) is 10.9. The van der Waals surface area contributed by atoms with Gasteiger partial charge in [-0.15, -0.1) is 0 Å². The molecular weight excluding hydrogens is 198 g/mol. The van der Waals surface area contributed by atoms with Gasteiger partial charge in [-0.3, -0.25) is 0 Å². The number of piperidine rings is 1. The summed E-state index contributed by atoms with van der Waals surface area (Å²) in [5.74, 6) is 0. The molecule has 2 aliphatic rings. The van der Waals surface area contributed by atoms with Crippen LogP contribution in [0.2, 0.25) is 0 Å². The number of hydrogen-bond donors (Lipinski definition) is 1. The average molecular weight is 225 g/mol. The quantitative estimate of drug-likeness (QED) is 0.795. The third kappa shape index (κ3) is 2.98. The maximum Gasteiger partial charge on any atom is 0.0648 e. The van der Waals surface area contributed by atoms with E-state index in [0.717, 1.165) is 25.3 Å². The summed E-state index contributed by atoms with van der Waals surface area (Å²) in [6, 6.07) is 0.753. The third-order valence-electron chi connectivity index (χ3n) is 4.63. The molecule has 0 spiro atoms. The highest BCUT2D eigenvalue weighted by Gasteiger charge is 2.32.